The predicted octanol–water partition coefficient (Wildman–Crippen LogP) is 2.97. The summed E-state index contributed by atoms with van der Waals surface area (Å²) >= 11 is 6.02. The molecular formula is C12H15ClN4. The molecular weight excluding hydrogens is 236 g/mol. The van der Waals surface area contributed by atoms with Crippen molar-refractivity contribution in [1.82, 2.24) is 19.5 Å². The lowest BCUT2D eigenvalue weighted by atomic mass is 10.2. The molecule has 2 aromatic rings. The Balaban J connectivity index is 2.44. The van der Waals surface area contributed by atoms with Gasteiger partial charge in [0.05, 0.1) is 12.5 Å². The molecule has 0 aliphatic carbocycles. The van der Waals surface area contributed by atoms with Crippen molar-refractivity contribution in [2.24, 2.45) is 0 Å². The van der Waals surface area contributed by atoms with E-state index >= 15 is 0 Å². The second-order valence-electron chi connectivity index (χ2n) is 3.82. The summed E-state index contributed by atoms with van der Waals surface area (Å²) in [6, 6.07) is 1.82. The molecule has 2 heterocycles. The first-order valence-electron chi connectivity index (χ1n) is 5.78. The average molecular weight is 251 g/mol. The van der Waals surface area contributed by atoms with Gasteiger partial charge in [-0.3, -0.25) is 0 Å². The van der Waals surface area contributed by atoms with E-state index in [0.29, 0.717) is 11.0 Å². The van der Waals surface area contributed by atoms with Gasteiger partial charge in [0.15, 0.2) is 5.82 Å². The van der Waals surface area contributed by atoms with Gasteiger partial charge in [0.1, 0.15) is 10.8 Å². The van der Waals surface area contributed by atoms with E-state index in [4.69, 9.17) is 11.6 Å². The van der Waals surface area contributed by atoms with Crippen LogP contribution < -0.4 is 0 Å². The minimum absolute atomic E-state index is 0.488. The molecule has 90 valence electrons. The smallest absolute Gasteiger partial charge is 0.179 e. The second kappa shape index (κ2) is 5.27. The molecule has 0 atom stereocenters. The zero-order valence-corrected chi connectivity index (χ0v) is 10.8. The van der Waals surface area contributed by atoms with Crippen LogP contribution in [0.1, 0.15) is 26.0 Å². The van der Waals surface area contributed by atoms with E-state index in [1.807, 2.05) is 10.6 Å². The topological polar surface area (TPSA) is 43.6 Å². The van der Waals surface area contributed by atoms with Crippen molar-refractivity contribution in [2.75, 3.05) is 0 Å². The number of hydrogen-bond acceptors (Lipinski definition) is 3. The van der Waals surface area contributed by atoms with Gasteiger partial charge in [-0.05, 0) is 19.4 Å². The van der Waals surface area contributed by atoms with Crippen LogP contribution in [0.25, 0.3) is 11.5 Å². The molecule has 0 saturated heterocycles. The van der Waals surface area contributed by atoms with Crippen molar-refractivity contribution in [1.29, 1.82) is 0 Å². The number of imidazole rings is 1. The van der Waals surface area contributed by atoms with E-state index in [9.17, 15) is 0 Å². The lowest BCUT2D eigenvalue weighted by Gasteiger charge is -2.06. The zero-order chi connectivity index (χ0) is 12.3. The monoisotopic (exact) mass is 250 g/mol. The standard InChI is InChI=1S/C12H15ClN4/c1-3-5-9-6-11(13)16-12(15-9)10-7-14-8-17(10)4-2/h6-8H,3-5H2,1-2H3. The second-order valence-corrected chi connectivity index (χ2v) is 4.21. The maximum absolute atomic E-state index is 6.02. The molecule has 0 amide bonds. The summed E-state index contributed by atoms with van der Waals surface area (Å²) in [5.74, 6) is 0.653. The summed E-state index contributed by atoms with van der Waals surface area (Å²) in [5, 5.41) is 0.488. The molecule has 2 aromatic heterocycles. The van der Waals surface area contributed by atoms with E-state index in [1.54, 1.807) is 12.5 Å². The van der Waals surface area contributed by atoms with E-state index in [-0.39, 0.29) is 0 Å². The van der Waals surface area contributed by atoms with Crippen LogP contribution in [-0.2, 0) is 13.0 Å². The molecule has 0 unspecified atom stereocenters. The van der Waals surface area contributed by atoms with Gasteiger partial charge in [0, 0.05) is 12.2 Å². The quantitative estimate of drug-likeness (QED) is 0.784. The molecule has 0 N–H and O–H groups in total. The highest BCUT2D eigenvalue weighted by atomic mass is 35.5. The summed E-state index contributed by atoms with van der Waals surface area (Å²) < 4.78 is 2.00. The van der Waals surface area contributed by atoms with Crippen molar-refractivity contribution in [3.05, 3.63) is 29.4 Å². The summed E-state index contributed by atoms with van der Waals surface area (Å²) in [6.45, 7) is 5.02. The Kier molecular flexibility index (Phi) is 3.74. The summed E-state index contributed by atoms with van der Waals surface area (Å²) in [6.07, 6.45) is 5.50. The highest BCUT2D eigenvalue weighted by Crippen LogP contribution is 2.18. The molecule has 17 heavy (non-hydrogen) atoms. The Morgan fingerprint density at radius 3 is 2.82 bits per heavy atom. The summed E-state index contributed by atoms with van der Waals surface area (Å²) in [4.78, 5) is 12.9. The largest absolute Gasteiger partial charge is 0.328 e. The highest BCUT2D eigenvalue weighted by molar-refractivity contribution is 6.29. The fraction of sp³-hybridized carbons (Fsp3) is 0.417. The Labute approximate surface area is 106 Å². The van der Waals surface area contributed by atoms with Gasteiger partial charge >= 0.3 is 0 Å². The maximum atomic E-state index is 6.02. The third-order valence-corrected chi connectivity index (χ3v) is 2.73. The lowest BCUT2D eigenvalue weighted by Crippen LogP contribution is -2.01. The van der Waals surface area contributed by atoms with Gasteiger partial charge in [-0.1, -0.05) is 24.9 Å². The number of rotatable bonds is 4. The molecule has 0 bridgehead atoms. The first kappa shape index (κ1) is 12.0. The average Bonchev–Trinajstić information content (AvgIpc) is 2.76. The first-order chi connectivity index (χ1) is 8.24. The molecule has 0 saturated carbocycles. The third-order valence-electron chi connectivity index (χ3n) is 2.54. The van der Waals surface area contributed by atoms with Crippen LogP contribution in [0.2, 0.25) is 5.15 Å². The minimum Gasteiger partial charge on any atom is -0.328 e. The molecule has 0 aliphatic rings. The Morgan fingerprint density at radius 2 is 2.12 bits per heavy atom. The van der Waals surface area contributed by atoms with Gasteiger partial charge < -0.3 is 4.57 Å². The normalized spacial score (nSPS) is 10.8. The van der Waals surface area contributed by atoms with Crippen molar-refractivity contribution < 1.29 is 0 Å². The lowest BCUT2D eigenvalue weighted by molar-refractivity contribution is 0.761. The van der Waals surface area contributed by atoms with Crippen LogP contribution >= 0.6 is 11.6 Å². The van der Waals surface area contributed by atoms with E-state index in [1.165, 1.54) is 0 Å². The van der Waals surface area contributed by atoms with Gasteiger partial charge in [0.2, 0.25) is 0 Å². The summed E-state index contributed by atoms with van der Waals surface area (Å²) in [5.41, 5.74) is 1.89. The van der Waals surface area contributed by atoms with Crippen molar-refractivity contribution in [3.63, 3.8) is 0 Å². The number of aryl methyl sites for hydroxylation is 2. The predicted molar refractivity (Wildman–Crippen MR) is 67.9 cm³/mol. The first-order valence-corrected chi connectivity index (χ1v) is 6.16. The number of aromatic nitrogens is 4. The Morgan fingerprint density at radius 1 is 1.29 bits per heavy atom. The molecule has 4 nitrogen and oxygen atoms in total. The van der Waals surface area contributed by atoms with Crippen LogP contribution in [0.4, 0.5) is 0 Å². The molecule has 0 aromatic carbocycles. The number of hydrogen-bond donors (Lipinski definition) is 0. The molecule has 5 heteroatoms. The van der Waals surface area contributed by atoms with Gasteiger partial charge in [-0.25, -0.2) is 15.0 Å². The third kappa shape index (κ3) is 2.64. The van der Waals surface area contributed by atoms with Gasteiger partial charge in [-0.15, -0.1) is 0 Å². The van der Waals surface area contributed by atoms with E-state index in [0.717, 1.165) is 30.8 Å². The number of halogens is 1. The minimum atomic E-state index is 0.488. The van der Waals surface area contributed by atoms with Gasteiger partial charge in [0.25, 0.3) is 0 Å². The molecule has 2 rings (SSSR count). The highest BCUT2D eigenvalue weighted by Gasteiger charge is 2.09. The molecule has 0 aliphatic heterocycles. The Hall–Kier alpha value is -1.42. The summed E-state index contributed by atoms with van der Waals surface area (Å²) in [7, 11) is 0. The van der Waals surface area contributed by atoms with Crippen LogP contribution in [0, 0.1) is 0 Å². The molecule has 0 radical (unpaired) electrons. The number of nitrogens with zero attached hydrogens (tertiary/aromatic N) is 4. The van der Waals surface area contributed by atoms with Crippen molar-refractivity contribution >= 4 is 11.6 Å². The van der Waals surface area contributed by atoms with Crippen LogP contribution in [0.5, 0.6) is 0 Å². The van der Waals surface area contributed by atoms with E-state index < -0.39 is 0 Å². The van der Waals surface area contributed by atoms with Gasteiger partial charge in [-0.2, -0.15) is 0 Å². The van der Waals surface area contributed by atoms with E-state index in [2.05, 4.69) is 28.8 Å². The molecule has 0 fully saturated rings. The zero-order valence-electron chi connectivity index (χ0n) is 10.0. The van der Waals surface area contributed by atoms with Crippen LogP contribution in [0.15, 0.2) is 18.6 Å². The fourth-order valence-corrected chi connectivity index (χ4v) is 1.93. The SMILES string of the molecule is CCCc1cc(Cl)nc(-c2cncn2CC)n1. The van der Waals surface area contributed by atoms with Crippen LogP contribution in [0.3, 0.4) is 0 Å². The Bertz CT molecular complexity index is 507. The van der Waals surface area contributed by atoms with Crippen LogP contribution in [-0.4, -0.2) is 19.5 Å². The fourth-order valence-electron chi connectivity index (χ4n) is 1.72. The van der Waals surface area contributed by atoms with Crippen molar-refractivity contribution in [2.45, 2.75) is 33.2 Å². The molecule has 0 spiro atoms. The maximum Gasteiger partial charge on any atom is 0.179 e. The van der Waals surface area contributed by atoms with Crippen molar-refractivity contribution in [3.8, 4) is 11.5 Å².